The van der Waals surface area contributed by atoms with Gasteiger partial charge in [0, 0.05) is 17.6 Å². The summed E-state index contributed by atoms with van der Waals surface area (Å²) < 4.78 is 4.49. The van der Waals surface area contributed by atoms with Crippen LogP contribution in [-0.4, -0.2) is 29.8 Å². The van der Waals surface area contributed by atoms with Gasteiger partial charge >= 0.3 is 5.97 Å². The highest BCUT2D eigenvalue weighted by Crippen LogP contribution is 2.29. The fraction of sp³-hybridized carbons (Fsp3) is 0.364. The Morgan fingerprint density at radius 3 is 2.89 bits per heavy atom. The fourth-order valence-corrected chi connectivity index (χ4v) is 2.70. The van der Waals surface area contributed by atoms with Gasteiger partial charge in [0.2, 0.25) is 0 Å². The molecule has 1 atom stereocenters. The van der Waals surface area contributed by atoms with Gasteiger partial charge in [-0.05, 0) is 6.07 Å². The van der Waals surface area contributed by atoms with Gasteiger partial charge < -0.3 is 10.5 Å². The highest BCUT2D eigenvalue weighted by atomic mass is 35.5. The highest BCUT2D eigenvalue weighted by Gasteiger charge is 2.18. The number of methoxy groups -OCH3 is 1. The Morgan fingerprint density at radius 1 is 1.63 bits per heavy atom. The monoisotopic (exact) mass is 304 g/mol. The molecule has 0 fully saturated rings. The molecular weight excluding hydrogens is 292 g/mol. The van der Waals surface area contributed by atoms with Crippen molar-refractivity contribution in [2.24, 2.45) is 5.73 Å². The number of nitro benzene ring substituents is 1. The van der Waals surface area contributed by atoms with Crippen molar-refractivity contribution in [2.75, 3.05) is 12.9 Å². The van der Waals surface area contributed by atoms with E-state index in [0.29, 0.717) is 22.1 Å². The second-order valence-electron chi connectivity index (χ2n) is 3.64. The molecule has 0 bridgehead atoms. The number of thioether (sulfide) groups is 1. The lowest BCUT2D eigenvalue weighted by Crippen LogP contribution is -2.33. The third-order valence-electron chi connectivity index (χ3n) is 2.34. The number of nitrogens with two attached hydrogens (primary N) is 1. The van der Waals surface area contributed by atoms with Crippen molar-refractivity contribution in [3.63, 3.8) is 0 Å². The van der Waals surface area contributed by atoms with E-state index >= 15 is 0 Å². The van der Waals surface area contributed by atoms with E-state index in [2.05, 4.69) is 4.74 Å². The summed E-state index contributed by atoms with van der Waals surface area (Å²) in [6, 6.07) is 3.75. The summed E-state index contributed by atoms with van der Waals surface area (Å²) in [7, 11) is 1.26. The Bertz CT molecular complexity index is 484. The summed E-state index contributed by atoms with van der Waals surface area (Å²) in [5.41, 5.74) is 5.96. The average molecular weight is 305 g/mol. The quantitative estimate of drug-likeness (QED) is 0.490. The molecule has 0 aliphatic heterocycles. The van der Waals surface area contributed by atoms with E-state index in [9.17, 15) is 14.9 Å². The van der Waals surface area contributed by atoms with Crippen molar-refractivity contribution in [3.8, 4) is 0 Å². The molecule has 1 rings (SSSR count). The van der Waals surface area contributed by atoms with E-state index in [4.69, 9.17) is 17.3 Å². The van der Waals surface area contributed by atoms with Gasteiger partial charge in [-0.15, -0.1) is 0 Å². The van der Waals surface area contributed by atoms with Crippen LogP contribution in [0.4, 0.5) is 5.69 Å². The summed E-state index contributed by atoms with van der Waals surface area (Å²) >= 11 is 7.23. The zero-order chi connectivity index (χ0) is 14.4. The highest BCUT2D eigenvalue weighted by molar-refractivity contribution is 7.98. The molecule has 0 saturated heterocycles. The Balaban J connectivity index is 2.68. The van der Waals surface area contributed by atoms with E-state index < -0.39 is 16.9 Å². The van der Waals surface area contributed by atoms with Crippen LogP contribution >= 0.6 is 23.4 Å². The molecule has 0 aliphatic carbocycles. The van der Waals surface area contributed by atoms with Crippen LogP contribution in [0.2, 0.25) is 5.02 Å². The zero-order valence-electron chi connectivity index (χ0n) is 10.2. The van der Waals surface area contributed by atoms with Crippen molar-refractivity contribution in [2.45, 2.75) is 11.8 Å². The Labute approximate surface area is 119 Å². The van der Waals surface area contributed by atoms with Crippen LogP contribution in [0.25, 0.3) is 0 Å². The molecule has 0 aliphatic rings. The lowest BCUT2D eigenvalue weighted by Gasteiger charge is -2.09. The van der Waals surface area contributed by atoms with E-state index in [-0.39, 0.29) is 5.69 Å². The molecule has 0 spiro atoms. The smallest absolute Gasteiger partial charge is 0.323 e. The second-order valence-corrected chi connectivity index (χ2v) is 5.08. The molecule has 6 nitrogen and oxygen atoms in total. The van der Waals surface area contributed by atoms with Crippen LogP contribution in [0.3, 0.4) is 0 Å². The number of esters is 1. The summed E-state index contributed by atoms with van der Waals surface area (Å²) in [5.74, 6) is 0.0941. The topological polar surface area (TPSA) is 95.5 Å². The third kappa shape index (κ3) is 4.38. The first-order valence-corrected chi connectivity index (χ1v) is 6.83. The molecule has 0 aromatic heterocycles. The van der Waals surface area contributed by atoms with Gasteiger partial charge in [-0.1, -0.05) is 17.7 Å². The molecule has 0 saturated carbocycles. The van der Waals surface area contributed by atoms with Gasteiger partial charge in [0.05, 0.1) is 22.6 Å². The molecule has 0 radical (unpaired) electrons. The Kier molecular flexibility index (Phi) is 6.07. The lowest BCUT2D eigenvalue weighted by molar-refractivity contribution is -0.385. The minimum atomic E-state index is -0.753. The first kappa shape index (κ1) is 15.7. The van der Waals surface area contributed by atoms with Gasteiger partial charge in [-0.2, -0.15) is 11.8 Å². The van der Waals surface area contributed by atoms with Gasteiger partial charge in [0.1, 0.15) is 6.04 Å². The minimum absolute atomic E-state index is 0.0355. The molecule has 0 heterocycles. The lowest BCUT2D eigenvalue weighted by atomic mass is 10.2. The Morgan fingerprint density at radius 2 is 2.32 bits per heavy atom. The number of hydrogen-bond donors (Lipinski definition) is 1. The van der Waals surface area contributed by atoms with Gasteiger partial charge in [-0.3, -0.25) is 14.9 Å². The van der Waals surface area contributed by atoms with Crippen molar-refractivity contribution < 1.29 is 14.5 Å². The molecular formula is C11H13ClN2O4S. The standard InChI is InChI=1S/C11H13ClN2O4S/c1-18-11(15)9(13)6-19-5-7-8(12)3-2-4-10(7)14(16)17/h2-4,9H,5-6,13H2,1H3. The first-order valence-electron chi connectivity index (χ1n) is 5.30. The maximum absolute atomic E-state index is 11.1. The summed E-state index contributed by atoms with van der Waals surface area (Å²) in [6.07, 6.45) is 0. The number of hydrogen-bond acceptors (Lipinski definition) is 6. The molecule has 1 aromatic rings. The van der Waals surface area contributed by atoms with E-state index in [1.54, 1.807) is 6.07 Å². The number of halogens is 1. The predicted octanol–water partition coefficient (Wildman–Crippen LogP) is 1.98. The van der Waals surface area contributed by atoms with Crippen LogP contribution in [0, 0.1) is 10.1 Å². The molecule has 8 heteroatoms. The van der Waals surface area contributed by atoms with Crippen molar-refractivity contribution in [3.05, 3.63) is 38.9 Å². The first-order chi connectivity index (χ1) is 8.97. The maximum Gasteiger partial charge on any atom is 0.323 e. The van der Waals surface area contributed by atoms with Gasteiger partial charge in [-0.25, -0.2) is 0 Å². The fourth-order valence-electron chi connectivity index (χ4n) is 1.37. The SMILES string of the molecule is COC(=O)C(N)CSCc1c(Cl)cccc1[N+](=O)[O-]. The number of nitro groups is 1. The maximum atomic E-state index is 11.1. The van der Waals surface area contributed by atoms with Crippen LogP contribution < -0.4 is 5.73 Å². The largest absolute Gasteiger partial charge is 0.468 e. The van der Waals surface area contributed by atoms with Gasteiger partial charge in [0.15, 0.2) is 0 Å². The summed E-state index contributed by atoms with van der Waals surface area (Å²) in [6.45, 7) is 0. The average Bonchev–Trinajstić information content (AvgIpc) is 2.39. The van der Waals surface area contributed by atoms with Crippen LogP contribution in [0.15, 0.2) is 18.2 Å². The third-order valence-corrected chi connectivity index (χ3v) is 3.78. The van der Waals surface area contributed by atoms with E-state index in [1.807, 2.05) is 0 Å². The summed E-state index contributed by atoms with van der Waals surface area (Å²) in [5, 5.41) is 11.2. The van der Waals surface area contributed by atoms with E-state index in [0.717, 1.165) is 0 Å². The molecule has 104 valence electrons. The second kappa shape index (κ2) is 7.32. The normalized spacial score (nSPS) is 11.9. The van der Waals surface area contributed by atoms with E-state index in [1.165, 1.54) is 31.0 Å². The summed E-state index contributed by atoms with van der Waals surface area (Å²) in [4.78, 5) is 21.5. The van der Waals surface area contributed by atoms with Crippen molar-refractivity contribution in [1.82, 2.24) is 0 Å². The molecule has 19 heavy (non-hydrogen) atoms. The minimum Gasteiger partial charge on any atom is -0.468 e. The number of nitrogens with zero attached hydrogens (tertiary/aromatic N) is 1. The van der Waals surface area contributed by atoms with Crippen LogP contribution in [0.1, 0.15) is 5.56 Å². The number of carbonyl (C=O) groups is 1. The van der Waals surface area contributed by atoms with Crippen LogP contribution in [0.5, 0.6) is 0 Å². The molecule has 1 aromatic carbocycles. The van der Waals surface area contributed by atoms with Crippen molar-refractivity contribution >= 4 is 35.0 Å². The number of benzene rings is 1. The number of rotatable bonds is 6. The Hall–Kier alpha value is -1.31. The number of carbonyl (C=O) groups excluding carboxylic acids is 1. The molecule has 0 amide bonds. The number of ether oxygens (including phenoxy) is 1. The van der Waals surface area contributed by atoms with Crippen molar-refractivity contribution in [1.29, 1.82) is 0 Å². The van der Waals surface area contributed by atoms with Gasteiger partial charge in [0.25, 0.3) is 5.69 Å². The zero-order valence-corrected chi connectivity index (χ0v) is 11.7. The molecule has 1 unspecified atom stereocenters. The van der Waals surface area contributed by atoms with Crippen LogP contribution in [-0.2, 0) is 15.3 Å². The molecule has 2 N–H and O–H groups in total. The predicted molar refractivity (Wildman–Crippen MR) is 74.3 cm³/mol.